The van der Waals surface area contributed by atoms with E-state index in [9.17, 15) is 26.7 Å². The number of pyridine rings is 1. The summed E-state index contributed by atoms with van der Waals surface area (Å²) in [6, 6.07) is 2.85. The van der Waals surface area contributed by atoms with Crippen LogP contribution >= 0.6 is 0 Å². The molecule has 5 nitrogen and oxygen atoms in total. The zero-order chi connectivity index (χ0) is 23.4. The van der Waals surface area contributed by atoms with Crippen molar-refractivity contribution in [2.24, 2.45) is 0 Å². The highest BCUT2D eigenvalue weighted by Crippen LogP contribution is 2.43. The van der Waals surface area contributed by atoms with Gasteiger partial charge in [-0.1, -0.05) is 18.2 Å². The fourth-order valence-electron chi connectivity index (χ4n) is 3.82. The Balaban J connectivity index is 1.83. The molecular weight excluding hydrogens is 431 g/mol. The summed E-state index contributed by atoms with van der Waals surface area (Å²) in [4.78, 5) is 20.7. The van der Waals surface area contributed by atoms with E-state index in [1.165, 1.54) is 32.2 Å². The summed E-state index contributed by atoms with van der Waals surface area (Å²) in [5, 5.41) is 3.02. The van der Waals surface area contributed by atoms with Crippen LogP contribution < -0.4 is 10.9 Å². The number of anilines is 1. The molecule has 10 heteroatoms. The summed E-state index contributed by atoms with van der Waals surface area (Å²) in [7, 11) is 0. The number of nitrogens with one attached hydrogen (secondary N) is 1. The molecule has 1 aliphatic carbocycles. The number of hydrogen-bond acceptors (Lipinski definition) is 4. The summed E-state index contributed by atoms with van der Waals surface area (Å²) >= 11 is 0. The predicted molar refractivity (Wildman–Crippen MR) is 110 cm³/mol. The molecule has 0 spiro atoms. The molecule has 170 valence electrons. The van der Waals surface area contributed by atoms with Crippen LogP contribution in [-0.4, -0.2) is 21.2 Å². The van der Waals surface area contributed by atoms with E-state index in [0.717, 1.165) is 10.6 Å². The summed E-state index contributed by atoms with van der Waals surface area (Å²) < 4.78 is 71.8. The lowest BCUT2D eigenvalue weighted by Crippen LogP contribution is -2.33. The van der Waals surface area contributed by atoms with Crippen LogP contribution in [0.15, 0.2) is 29.2 Å². The second-order valence-corrected chi connectivity index (χ2v) is 8.32. The van der Waals surface area contributed by atoms with E-state index < -0.39 is 46.9 Å². The van der Waals surface area contributed by atoms with Crippen molar-refractivity contribution in [2.45, 2.75) is 51.1 Å². The van der Waals surface area contributed by atoms with Crippen molar-refractivity contribution in [3.63, 3.8) is 0 Å². The number of aromatic nitrogens is 3. The zero-order valence-corrected chi connectivity index (χ0v) is 17.6. The molecule has 0 unspecified atom stereocenters. The van der Waals surface area contributed by atoms with Crippen molar-refractivity contribution in [3.8, 4) is 0 Å². The van der Waals surface area contributed by atoms with Gasteiger partial charge >= 0.3 is 0 Å². The van der Waals surface area contributed by atoms with Crippen LogP contribution in [0, 0.1) is 18.6 Å². The van der Waals surface area contributed by atoms with Gasteiger partial charge in [0, 0.05) is 18.7 Å². The van der Waals surface area contributed by atoms with E-state index in [2.05, 4.69) is 15.3 Å². The molecule has 32 heavy (non-hydrogen) atoms. The van der Waals surface area contributed by atoms with Gasteiger partial charge in [-0.05, 0) is 26.7 Å². The molecule has 4 rings (SSSR count). The van der Waals surface area contributed by atoms with Crippen LogP contribution in [-0.2, 0) is 11.5 Å². The number of halogens is 5. The molecule has 0 bridgehead atoms. The molecule has 0 radical (unpaired) electrons. The molecule has 1 saturated carbocycles. The number of alkyl halides is 3. The molecule has 0 saturated heterocycles. The monoisotopic (exact) mass is 452 g/mol. The maximum Gasteiger partial charge on any atom is 0.289 e. The highest BCUT2D eigenvalue weighted by molar-refractivity contribution is 5.89. The van der Waals surface area contributed by atoms with Crippen LogP contribution in [0.1, 0.15) is 49.7 Å². The van der Waals surface area contributed by atoms with Crippen molar-refractivity contribution < 1.29 is 22.0 Å². The summed E-state index contributed by atoms with van der Waals surface area (Å²) in [5.74, 6) is -5.35. The first kappa shape index (κ1) is 22.2. The number of nitrogens with zero attached hydrogens (tertiary/aromatic N) is 3. The minimum absolute atomic E-state index is 0.0374. The third-order valence-corrected chi connectivity index (χ3v) is 5.84. The third kappa shape index (κ3) is 3.61. The number of benzene rings is 1. The molecule has 1 fully saturated rings. The van der Waals surface area contributed by atoms with Gasteiger partial charge in [-0.25, -0.2) is 27.5 Å². The van der Waals surface area contributed by atoms with Gasteiger partial charge in [-0.15, -0.1) is 0 Å². The molecule has 2 heterocycles. The summed E-state index contributed by atoms with van der Waals surface area (Å²) in [6.45, 7) is 2.81. The standard InChI is InChI=1S/C22H21F5N4O/c1-11(13-5-4-6-15(16(13)24)21(3,26)27)28-19-14-9-31(22(10-23)7-8-22)20(32)17(25)18(14)29-12(2)30-19/h4-6,9,11H,7-8,10H2,1-3H3,(H,28,29,30)/t11-/m1/s1. The molecule has 0 amide bonds. The maximum absolute atomic E-state index is 14.9. The first-order valence-corrected chi connectivity index (χ1v) is 10.1. The van der Waals surface area contributed by atoms with Crippen molar-refractivity contribution in [2.75, 3.05) is 12.0 Å². The lowest BCUT2D eigenvalue weighted by atomic mass is 10.0. The maximum atomic E-state index is 14.9. The van der Waals surface area contributed by atoms with Gasteiger partial charge in [0.2, 0.25) is 5.82 Å². The van der Waals surface area contributed by atoms with E-state index in [1.807, 2.05) is 0 Å². The van der Waals surface area contributed by atoms with Crippen LogP contribution in [0.2, 0.25) is 0 Å². The normalized spacial score (nSPS) is 16.2. The smallest absolute Gasteiger partial charge is 0.289 e. The predicted octanol–water partition coefficient (Wildman–Crippen LogP) is 5.12. The number of hydrogen-bond donors (Lipinski definition) is 1. The Morgan fingerprint density at radius 3 is 2.50 bits per heavy atom. The molecule has 1 N–H and O–H groups in total. The fraction of sp³-hybridized carbons (Fsp3) is 0.409. The minimum Gasteiger partial charge on any atom is -0.363 e. The molecule has 0 aliphatic heterocycles. The van der Waals surface area contributed by atoms with E-state index in [1.54, 1.807) is 0 Å². The molecule has 1 atom stereocenters. The van der Waals surface area contributed by atoms with Crippen molar-refractivity contribution in [1.82, 2.24) is 14.5 Å². The Morgan fingerprint density at radius 2 is 1.91 bits per heavy atom. The molecule has 3 aromatic rings. The Labute approximate surface area is 180 Å². The lowest BCUT2D eigenvalue weighted by molar-refractivity contribution is 0.0136. The van der Waals surface area contributed by atoms with E-state index in [-0.39, 0.29) is 28.1 Å². The summed E-state index contributed by atoms with van der Waals surface area (Å²) in [5.41, 5.74) is -3.10. The van der Waals surface area contributed by atoms with Gasteiger partial charge in [0.25, 0.3) is 11.5 Å². The van der Waals surface area contributed by atoms with Crippen LogP contribution in [0.5, 0.6) is 0 Å². The average Bonchev–Trinajstić information content (AvgIpc) is 3.51. The zero-order valence-electron chi connectivity index (χ0n) is 17.6. The first-order valence-electron chi connectivity index (χ1n) is 10.1. The first-order chi connectivity index (χ1) is 15.0. The van der Waals surface area contributed by atoms with Crippen LogP contribution in [0.25, 0.3) is 10.9 Å². The highest BCUT2D eigenvalue weighted by Gasteiger charge is 2.46. The van der Waals surface area contributed by atoms with Crippen LogP contribution in [0.3, 0.4) is 0 Å². The topological polar surface area (TPSA) is 59.8 Å². The minimum atomic E-state index is -3.37. The second-order valence-electron chi connectivity index (χ2n) is 8.32. The average molecular weight is 452 g/mol. The Kier molecular flexibility index (Phi) is 5.21. The lowest BCUT2D eigenvalue weighted by Gasteiger charge is -2.21. The van der Waals surface area contributed by atoms with E-state index in [0.29, 0.717) is 19.8 Å². The Hall–Kier alpha value is -3.04. The van der Waals surface area contributed by atoms with E-state index >= 15 is 0 Å². The largest absolute Gasteiger partial charge is 0.363 e. The van der Waals surface area contributed by atoms with Gasteiger partial charge in [0.15, 0.2) is 0 Å². The molecular formula is C22H21F5N4O. The molecule has 2 aromatic heterocycles. The number of rotatable bonds is 6. The Bertz CT molecular complexity index is 1260. The van der Waals surface area contributed by atoms with E-state index in [4.69, 9.17) is 0 Å². The SMILES string of the molecule is Cc1nc(N[C@H](C)c2cccc(C(C)(F)F)c2F)c2cn(C3(CF)CC3)c(=O)c(F)c2n1. The number of aryl methyl sites for hydroxylation is 1. The summed E-state index contributed by atoms with van der Waals surface area (Å²) in [6.07, 6.45) is 2.09. The fourth-order valence-corrected chi connectivity index (χ4v) is 3.82. The van der Waals surface area contributed by atoms with Gasteiger partial charge in [-0.3, -0.25) is 4.79 Å². The van der Waals surface area contributed by atoms with Gasteiger partial charge < -0.3 is 9.88 Å². The molecule has 1 aliphatic rings. The molecule has 1 aromatic carbocycles. The van der Waals surface area contributed by atoms with Gasteiger partial charge in [0.1, 0.15) is 29.7 Å². The van der Waals surface area contributed by atoms with Crippen molar-refractivity contribution >= 4 is 16.7 Å². The van der Waals surface area contributed by atoms with Gasteiger partial charge in [-0.2, -0.15) is 4.39 Å². The second kappa shape index (κ2) is 7.53. The highest BCUT2D eigenvalue weighted by atomic mass is 19.3. The van der Waals surface area contributed by atoms with Crippen LogP contribution in [0.4, 0.5) is 27.8 Å². The van der Waals surface area contributed by atoms with Crippen molar-refractivity contribution in [3.05, 3.63) is 63.3 Å². The van der Waals surface area contributed by atoms with Gasteiger partial charge in [0.05, 0.1) is 22.5 Å². The Morgan fingerprint density at radius 1 is 1.22 bits per heavy atom. The quantitative estimate of drug-likeness (QED) is 0.528. The third-order valence-electron chi connectivity index (χ3n) is 5.84. The van der Waals surface area contributed by atoms with Crippen molar-refractivity contribution in [1.29, 1.82) is 0 Å². The number of fused-ring (bicyclic) bond motifs is 1.